The number of halogens is 3. The van der Waals surface area contributed by atoms with Gasteiger partial charge in [-0.3, -0.25) is 24.3 Å². The number of aromatic nitrogens is 8. The molecule has 15 heteroatoms. The second-order valence-electron chi connectivity index (χ2n) is 14.5. The standard InChI is InChI=1S/C19H22ClN5O.C15H18ClN3O.C4H5IN2/c1-23-10-15(9-21-23)25-19-7-17(18(20)6-14(19)8-22-25)13-2-4-24(5-3-13)16-11-26-12-16;16-14-5-11-7-17-18-15(11)6-13(14)10-1-3-19(4-2-10)12-8-20-9-12;1-7-3-4(5)2-6-7/h6-10,13,16H,2-5,11-12H2,1H3;5-7,10,12H,1-4,8-9H2,(H,17,18);2-3H,1H3. The second kappa shape index (κ2) is 16.4. The van der Waals surface area contributed by atoms with Crippen molar-refractivity contribution in [3.63, 3.8) is 0 Å². The first-order valence-electron chi connectivity index (χ1n) is 18.4. The van der Waals surface area contributed by atoms with Gasteiger partial charge >= 0.3 is 0 Å². The molecule has 0 saturated carbocycles. The second-order valence-corrected chi connectivity index (χ2v) is 16.6. The van der Waals surface area contributed by atoms with Crippen molar-refractivity contribution < 1.29 is 9.47 Å². The summed E-state index contributed by atoms with van der Waals surface area (Å²) in [4.78, 5) is 5.12. The summed E-state index contributed by atoms with van der Waals surface area (Å²) in [5, 5.41) is 23.7. The molecule has 4 fully saturated rings. The molecule has 4 aromatic heterocycles. The predicted molar refractivity (Wildman–Crippen MR) is 216 cm³/mol. The average Bonchev–Trinajstić information content (AvgIpc) is 3.92. The van der Waals surface area contributed by atoms with Crippen molar-refractivity contribution >= 4 is 67.6 Å². The fourth-order valence-electron chi connectivity index (χ4n) is 7.80. The summed E-state index contributed by atoms with van der Waals surface area (Å²) in [6, 6.07) is 9.77. The van der Waals surface area contributed by atoms with Crippen LogP contribution in [0.25, 0.3) is 27.5 Å². The molecule has 4 aliphatic heterocycles. The third-order valence-electron chi connectivity index (χ3n) is 11.1. The Morgan fingerprint density at radius 3 is 1.74 bits per heavy atom. The molecule has 0 bridgehead atoms. The highest BCUT2D eigenvalue weighted by Gasteiger charge is 2.32. The molecule has 0 unspecified atom stereocenters. The Hall–Kier alpha value is -3.05. The number of rotatable bonds is 5. The lowest BCUT2D eigenvalue weighted by Gasteiger charge is -2.41. The molecule has 280 valence electrons. The number of fused-ring (bicyclic) bond motifs is 2. The van der Waals surface area contributed by atoms with Gasteiger partial charge in [0.25, 0.3) is 0 Å². The maximum absolute atomic E-state index is 6.65. The number of aromatic amines is 1. The minimum Gasteiger partial charge on any atom is -0.378 e. The van der Waals surface area contributed by atoms with Gasteiger partial charge in [-0.05, 0) is 122 Å². The lowest BCUT2D eigenvalue weighted by molar-refractivity contribution is -0.0712. The summed E-state index contributed by atoms with van der Waals surface area (Å²) in [6.45, 7) is 8.14. The van der Waals surface area contributed by atoms with Crippen molar-refractivity contribution in [3.05, 3.63) is 86.2 Å². The maximum atomic E-state index is 6.65. The topological polar surface area (TPSA) is 107 Å². The molecule has 8 heterocycles. The fourth-order valence-corrected chi connectivity index (χ4v) is 8.98. The predicted octanol–water partition coefficient (Wildman–Crippen LogP) is 6.81. The van der Waals surface area contributed by atoms with Gasteiger partial charge in [-0.25, -0.2) is 4.68 Å². The Kier molecular flexibility index (Phi) is 11.4. The van der Waals surface area contributed by atoms with Gasteiger partial charge in [0.2, 0.25) is 0 Å². The summed E-state index contributed by atoms with van der Waals surface area (Å²) in [5.41, 5.74) is 5.66. The van der Waals surface area contributed by atoms with Crippen LogP contribution in [0.15, 0.2) is 61.4 Å². The summed E-state index contributed by atoms with van der Waals surface area (Å²) in [5.74, 6) is 1.06. The van der Waals surface area contributed by atoms with E-state index in [1.807, 2.05) is 62.0 Å². The van der Waals surface area contributed by atoms with E-state index in [1.54, 1.807) is 9.36 Å². The van der Waals surface area contributed by atoms with E-state index in [-0.39, 0.29) is 0 Å². The molecular formula is C38H45Cl2IN10O2. The molecule has 4 aliphatic rings. The van der Waals surface area contributed by atoms with E-state index < -0.39 is 0 Å². The van der Waals surface area contributed by atoms with E-state index in [0.717, 1.165) is 103 Å². The Labute approximate surface area is 332 Å². The molecule has 0 radical (unpaired) electrons. The zero-order chi connectivity index (χ0) is 36.5. The summed E-state index contributed by atoms with van der Waals surface area (Å²) in [7, 11) is 3.82. The van der Waals surface area contributed by atoms with Gasteiger partial charge in [0.15, 0.2) is 0 Å². The monoisotopic (exact) mass is 870 g/mol. The molecule has 0 atom stereocenters. The first-order chi connectivity index (χ1) is 25.8. The number of hydrogen-bond acceptors (Lipinski definition) is 8. The van der Waals surface area contributed by atoms with Crippen LogP contribution >= 0.6 is 45.8 Å². The molecule has 1 N–H and O–H groups in total. The number of nitrogens with one attached hydrogen (secondary N) is 1. The van der Waals surface area contributed by atoms with Crippen molar-refractivity contribution in [1.29, 1.82) is 0 Å². The fraction of sp³-hybridized carbons (Fsp3) is 0.474. The molecule has 4 saturated heterocycles. The Morgan fingerprint density at radius 1 is 0.679 bits per heavy atom. The number of ether oxygens (including phenoxy) is 2. The van der Waals surface area contributed by atoms with E-state index in [0.29, 0.717) is 23.9 Å². The van der Waals surface area contributed by atoms with Gasteiger partial charge in [-0.2, -0.15) is 20.4 Å². The third-order valence-corrected chi connectivity index (χ3v) is 12.3. The van der Waals surface area contributed by atoms with Crippen LogP contribution in [-0.4, -0.2) is 114 Å². The van der Waals surface area contributed by atoms with E-state index in [1.165, 1.54) is 27.5 Å². The van der Waals surface area contributed by atoms with Gasteiger partial charge < -0.3 is 9.47 Å². The van der Waals surface area contributed by atoms with Gasteiger partial charge in [0, 0.05) is 41.1 Å². The van der Waals surface area contributed by atoms with Crippen molar-refractivity contribution in [2.45, 2.75) is 49.6 Å². The number of hydrogen-bond donors (Lipinski definition) is 1. The summed E-state index contributed by atoms with van der Waals surface area (Å²) >= 11 is 15.3. The highest BCUT2D eigenvalue weighted by molar-refractivity contribution is 14.1. The van der Waals surface area contributed by atoms with Crippen LogP contribution in [0.1, 0.15) is 48.6 Å². The zero-order valence-electron chi connectivity index (χ0n) is 30.0. The molecule has 2 aromatic carbocycles. The first kappa shape index (κ1) is 36.9. The van der Waals surface area contributed by atoms with Crippen molar-refractivity contribution in [2.24, 2.45) is 14.1 Å². The minimum absolute atomic E-state index is 0.501. The van der Waals surface area contributed by atoms with Gasteiger partial charge in [-0.15, -0.1) is 0 Å². The van der Waals surface area contributed by atoms with Crippen molar-refractivity contribution in [2.75, 3.05) is 52.6 Å². The van der Waals surface area contributed by atoms with Crippen LogP contribution in [-0.2, 0) is 23.6 Å². The normalized spacial score (nSPS) is 19.4. The average molecular weight is 872 g/mol. The number of piperidine rings is 2. The minimum atomic E-state index is 0.501. The molecular weight excluding hydrogens is 826 g/mol. The SMILES string of the molecule is Clc1cc2cn[nH]c2cc1C1CCN(C2COC2)CC1.Cn1cc(-n2ncc3cc(Cl)c(C4CCN(C5COC5)CC4)cc32)cn1.Cn1cc(I)cn1. The van der Waals surface area contributed by atoms with Crippen LogP contribution in [0.5, 0.6) is 0 Å². The Morgan fingerprint density at radius 2 is 1.25 bits per heavy atom. The van der Waals surface area contributed by atoms with Crippen molar-refractivity contribution in [1.82, 2.24) is 49.3 Å². The first-order valence-corrected chi connectivity index (χ1v) is 20.2. The Balaban J connectivity index is 0.000000131. The van der Waals surface area contributed by atoms with Crippen LogP contribution in [0.4, 0.5) is 0 Å². The molecule has 0 amide bonds. The van der Waals surface area contributed by atoms with Crippen LogP contribution < -0.4 is 0 Å². The largest absolute Gasteiger partial charge is 0.378 e. The van der Waals surface area contributed by atoms with Crippen LogP contribution in [0, 0.1) is 3.57 Å². The lowest BCUT2D eigenvalue weighted by atomic mass is 9.88. The van der Waals surface area contributed by atoms with Crippen molar-refractivity contribution in [3.8, 4) is 5.69 Å². The molecule has 0 spiro atoms. The Bertz CT molecular complexity index is 2120. The highest BCUT2D eigenvalue weighted by atomic mass is 127. The molecule has 6 aromatic rings. The molecule has 12 nitrogen and oxygen atoms in total. The van der Waals surface area contributed by atoms with E-state index in [4.69, 9.17) is 32.7 Å². The molecule has 0 aliphatic carbocycles. The number of H-pyrrole nitrogens is 1. The van der Waals surface area contributed by atoms with Gasteiger partial charge in [-0.1, -0.05) is 23.2 Å². The number of likely N-dealkylation sites (tertiary alicyclic amines) is 2. The van der Waals surface area contributed by atoms with Crippen LogP contribution in [0.2, 0.25) is 10.0 Å². The lowest BCUT2D eigenvalue weighted by Crippen LogP contribution is -2.51. The summed E-state index contributed by atoms with van der Waals surface area (Å²) in [6.07, 6.45) is 15.9. The smallest absolute Gasteiger partial charge is 0.103 e. The number of nitrogens with zero attached hydrogens (tertiary/aromatic N) is 9. The quantitative estimate of drug-likeness (QED) is 0.189. The zero-order valence-corrected chi connectivity index (χ0v) is 33.7. The van der Waals surface area contributed by atoms with Gasteiger partial charge in [0.1, 0.15) is 5.69 Å². The van der Waals surface area contributed by atoms with Crippen LogP contribution in [0.3, 0.4) is 0 Å². The highest BCUT2D eigenvalue weighted by Crippen LogP contribution is 2.38. The maximum Gasteiger partial charge on any atom is 0.103 e. The van der Waals surface area contributed by atoms with E-state index in [2.05, 4.69) is 76.1 Å². The third kappa shape index (κ3) is 8.31. The molecule has 10 rings (SSSR count). The van der Waals surface area contributed by atoms with E-state index in [9.17, 15) is 0 Å². The number of benzene rings is 2. The number of aryl methyl sites for hydroxylation is 2. The van der Waals surface area contributed by atoms with E-state index >= 15 is 0 Å². The van der Waals surface area contributed by atoms with Gasteiger partial charge in [0.05, 0.1) is 84.1 Å². The molecule has 53 heavy (non-hydrogen) atoms. The summed E-state index contributed by atoms with van der Waals surface area (Å²) < 4.78 is 17.3.